The Labute approximate surface area is 169 Å². The first-order chi connectivity index (χ1) is 13.8. The maximum absolute atomic E-state index is 12.7. The van der Waals surface area contributed by atoms with E-state index in [1.165, 1.54) is 0 Å². The molecule has 0 saturated carbocycles. The number of methoxy groups -OCH3 is 1. The second-order valence-corrected chi connectivity index (χ2v) is 7.96. The highest BCUT2D eigenvalue weighted by Crippen LogP contribution is 2.27. The molecule has 2 heterocycles. The highest BCUT2D eigenvalue weighted by atomic mass is 16.6. The molecular weight excluding hydrogens is 374 g/mol. The minimum atomic E-state index is -0.569. The topological polar surface area (TPSA) is 109 Å². The Balaban J connectivity index is 1.63. The van der Waals surface area contributed by atoms with Crippen LogP contribution in [0.15, 0.2) is 24.3 Å². The van der Waals surface area contributed by atoms with Gasteiger partial charge in [-0.1, -0.05) is 12.1 Å². The molecule has 9 nitrogen and oxygen atoms in total. The molecule has 1 aromatic carbocycles. The van der Waals surface area contributed by atoms with Crippen molar-refractivity contribution in [1.82, 2.24) is 20.1 Å². The van der Waals surface area contributed by atoms with Gasteiger partial charge in [-0.15, -0.1) is 5.10 Å². The number of amides is 2. The number of nitrogens with zero attached hydrogens (tertiary/aromatic N) is 3. The summed E-state index contributed by atoms with van der Waals surface area (Å²) in [6.45, 7) is 6.35. The van der Waals surface area contributed by atoms with E-state index in [0.717, 1.165) is 12.0 Å². The summed E-state index contributed by atoms with van der Waals surface area (Å²) in [5, 5.41) is 9.63. The van der Waals surface area contributed by atoms with Crippen molar-refractivity contribution in [1.29, 1.82) is 0 Å². The van der Waals surface area contributed by atoms with E-state index in [2.05, 4.69) is 20.5 Å². The van der Waals surface area contributed by atoms with Gasteiger partial charge < -0.3 is 14.4 Å². The molecule has 3 rings (SSSR count). The molecule has 0 bridgehead atoms. The van der Waals surface area contributed by atoms with Gasteiger partial charge in [-0.3, -0.25) is 15.2 Å². The number of ether oxygens (including phenoxy) is 2. The molecule has 1 fully saturated rings. The van der Waals surface area contributed by atoms with Crippen LogP contribution in [-0.2, 0) is 9.53 Å². The summed E-state index contributed by atoms with van der Waals surface area (Å²) in [6.07, 6.45) is 1.03. The number of aromatic nitrogens is 3. The number of hydrogen-bond acceptors (Lipinski definition) is 6. The first-order valence-electron chi connectivity index (χ1n) is 9.61. The molecule has 1 unspecified atom stereocenters. The molecule has 0 aliphatic carbocycles. The lowest BCUT2D eigenvalue weighted by Crippen LogP contribution is -2.45. The highest BCUT2D eigenvalue weighted by Gasteiger charge is 2.31. The van der Waals surface area contributed by atoms with Gasteiger partial charge in [0.05, 0.1) is 18.6 Å². The van der Waals surface area contributed by atoms with Gasteiger partial charge in [0, 0.05) is 13.1 Å². The Morgan fingerprint density at radius 2 is 2.03 bits per heavy atom. The summed E-state index contributed by atoms with van der Waals surface area (Å²) in [5.74, 6) is 0.775. The zero-order valence-electron chi connectivity index (χ0n) is 17.2. The smallest absolute Gasteiger partial charge is 0.410 e. The summed E-state index contributed by atoms with van der Waals surface area (Å²) in [7, 11) is 1.58. The van der Waals surface area contributed by atoms with Gasteiger partial charge in [0.1, 0.15) is 11.4 Å². The number of carbonyl (C=O) groups excluding carboxylic acids is 2. The number of anilines is 1. The number of rotatable bonds is 4. The number of aromatic amines is 1. The van der Waals surface area contributed by atoms with Crippen LogP contribution >= 0.6 is 0 Å². The molecule has 1 saturated heterocycles. The van der Waals surface area contributed by atoms with Gasteiger partial charge in [0.15, 0.2) is 5.82 Å². The second-order valence-electron chi connectivity index (χ2n) is 7.96. The van der Waals surface area contributed by atoms with Crippen molar-refractivity contribution >= 4 is 17.9 Å². The Morgan fingerprint density at radius 3 is 2.76 bits per heavy atom. The van der Waals surface area contributed by atoms with Crippen LogP contribution in [0.4, 0.5) is 10.7 Å². The molecule has 1 atom stereocenters. The fourth-order valence-corrected chi connectivity index (χ4v) is 3.17. The van der Waals surface area contributed by atoms with Crippen molar-refractivity contribution in [3.05, 3.63) is 24.3 Å². The second kappa shape index (κ2) is 8.50. The molecule has 2 aromatic rings. The van der Waals surface area contributed by atoms with E-state index in [0.29, 0.717) is 31.1 Å². The maximum Gasteiger partial charge on any atom is 0.410 e. The minimum Gasteiger partial charge on any atom is -0.496 e. The average Bonchev–Trinajstić information content (AvgIpc) is 3.15. The predicted molar refractivity (Wildman–Crippen MR) is 108 cm³/mol. The zero-order chi connectivity index (χ0) is 21.0. The molecule has 0 spiro atoms. The van der Waals surface area contributed by atoms with Gasteiger partial charge >= 0.3 is 6.09 Å². The third kappa shape index (κ3) is 5.24. The number of piperidine rings is 1. The standard InChI is InChI=1S/C20H27N5O4/c1-20(2,3)29-19(27)25-11-7-8-13(12-25)17(26)22-18-21-16(23-24-18)14-9-5-6-10-15(14)28-4/h5-6,9-10,13H,7-8,11-12H2,1-4H3,(H2,21,22,23,24,26). The molecule has 0 radical (unpaired) electrons. The lowest BCUT2D eigenvalue weighted by Gasteiger charge is -2.33. The van der Waals surface area contributed by atoms with E-state index in [-0.39, 0.29) is 17.8 Å². The highest BCUT2D eigenvalue weighted by molar-refractivity contribution is 5.91. The zero-order valence-corrected chi connectivity index (χ0v) is 17.2. The molecular formula is C20H27N5O4. The molecule has 9 heteroatoms. The van der Waals surface area contributed by atoms with E-state index < -0.39 is 11.7 Å². The van der Waals surface area contributed by atoms with E-state index in [4.69, 9.17) is 9.47 Å². The lowest BCUT2D eigenvalue weighted by atomic mass is 9.97. The van der Waals surface area contributed by atoms with Crippen molar-refractivity contribution < 1.29 is 19.1 Å². The number of hydrogen-bond donors (Lipinski definition) is 2. The molecule has 156 valence electrons. The van der Waals surface area contributed by atoms with Crippen molar-refractivity contribution in [3.8, 4) is 17.1 Å². The predicted octanol–water partition coefficient (Wildman–Crippen LogP) is 3.07. The van der Waals surface area contributed by atoms with Crippen LogP contribution in [0.1, 0.15) is 33.6 Å². The average molecular weight is 401 g/mol. The molecule has 2 N–H and O–H groups in total. The summed E-state index contributed by atoms with van der Waals surface area (Å²) in [6, 6.07) is 7.40. The van der Waals surface area contributed by atoms with Crippen molar-refractivity contribution in [3.63, 3.8) is 0 Å². The molecule has 1 aliphatic heterocycles. The molecule has 1 aromatic heterocycles. The van der Waals surface area contributed by atoms with Crippen molar-refractivity contribution in [2.75, 3.05) is 25.5 Å². The number of benzene rings is 1. The van der Waals surface area contributed by atoms with Gasteiger partial charge in [-0.05, 0) is 45.7 Å². The fourth-order valence-electron chi connectivity index (χ4n) is 3.17. The maximum atomic E-state index is 12.7. The SMILES string of the molecule is COc1ccccc1-c1nc(NC(=O)C2CCCN(C(=O)OC(C)(C)C)C2)n[nH]1. The Hall–Kier alpha value is -3.10. The van der Waals surface area contributed by atoms with Gasteiger partial charge in [-0.2, -0.15) is 4.98 Å². The third-order valence-electron chi connectivity index (χ3n) is 4.53. The van der Waals surface area contributed by atoms with Gasteiger partial charge in [-0.25, -0.2) is 4.79 Å². The Kier molecular flexibility index (Phi) is 6.05. The summed E-state index contributed by atoms with van der Waals surface area (Å²) in [5.41, 5.74) is 0.178. The normalized spacial score (nSPS) is 17.0. The Morgan fingerprint density at radius 1 is 1.28 bits per heavy atom. The van der Waals surface area contributed by atoms with Crippen LogP contribution in [-0.4, -0.2) is 57.9 Å². The first-order valence-corrected chi connectivity index (χ1v) is 9.61. The van der Waals surface area contributed by atoms with Crippen LogP contribution in [0, 0.1) is 5.92 Å². The number of carbonyl (C=O) groups is 2. The summed E-state index contributed by atoms with van der Waals surface area (Å²) < 4.78 is 10.7. The Bertz CT molecular complexity index is 874. The largest absolute Gasteiger partial charge is 0.496 e. The van der Waals surface area contributed by atoms with Crippen LogP contribution < -0.4 is 10.1 Å². The van der Waals surface area contributed by atoms with Crippen LogP contribution in [0.3, 0.4) is 0 Å². The van der Waals surface area contributed by atoms with E-state index >= 15 is 0 Å². The van der Waals surface area contributed by atoms with E-state index in [1.54, 1.807) is 12.0 Å². The fraction of sp³-hybridized carbons (Fsp3) is 0.500. The lowest BCUT2D eigenvalue weighted by molar-refractivity contribution is -0.121. The monoisotopic (exact) mass is 401 g/mol. The van der Waals surface area contributed by atoms with Gasteiger partial charge in [0.25, 0.3) is 0 Å². The summed E-state index contributed by atoms with van der Waals surface area (Å²) in [4.78, 5) is 30.9. The first kappa shape index (κ1) is 20.6. The van der Waals surface area contributed by atoms with Crippen molar-refractivity contribution in [2.45, 2.75) is 39.2 Å². The van der Waals surface area contributed by atoms with Gasteiger partial charge in [0.2, 0.25) is 11.9 Å². The number of nitrogens with one attached hydrogen (secondary N) is 2. The number of para-hydroxylation sites is 1. The van der Waals surface area contributed by atoms with E-state index in [9.17, 15) is 9.59 Å². The molecule has 2 amide bonds. The third-order valence-corrected chi connectivity index (χ3v) is 4.53. The number of H-pyrrole nitrogens is 1. The van der Waals surface area contributed by atoms with Crippen LogP contribution in [0.5, 0.6) is 5.75 Å². The summed E-state index contributed by atoms with van der Waals surface area (Å²) >= 11 is 0. The quantitative estimate of drug-likeness (QED) is 0.815. The molecule has 1 aliphatic rings. The molecule has 29 heavy (non-hydrogen) atoms. The van der Waals surface area contributed by atoms with E-state index in [1.807, 2.05) is 45.0 Å². The van der Waals surface area contributed by atoms with Crippen LogP contribution in [0.2, 0.25) is 0 Å². The minimum absolute atomic E-state index is 0.185. The van der Waals surface area contributed by atoms with Crippen LogP contribution in [0.25, 0.3) is 11.4 Å². The van der Waals surface area contributed by atoms with Crippen molar-refractivity contribution in [2.24, 2.45) is 5.92 Å². The number of likely N-dealkylation sites (tertiary alicyclic amines) is 1.